The maximum atomic E-state index is 13.0. The van der Waals surface area contributed by atoms with Crippen molar-refractivity contribution in [3.05, 3.63) is 102 Å². The maximum Gasteiger partial charge on any atom is 0.246 e. The number of hydrogen-bond acceptors (Lipinski definition) is 3. The molecule has 0 fully saturated rings. The summed E-state index contributed by atoms with van der Waals surface area (Å²) in [6.07, 6.45) is 1.50. The number of Topliss-reactive ketones (excluding diaryl/α,β-unsaturated/α-hetero) is 1. The number of benzene rings is 4. The van der Waals surface area contributed by atoms with E-state index in [0.29, 0.717) is 11.1 Å². The second kappa shape index (κ2) is 7.75. The fraction of sp³-hybridized carbons (Fsp3) is 0.0357. The quantitative estimate of drug-likeness (QED) is 0.436. The van der Waals surface area contributed by atoms with E-state index in [1.54, 1.807) is 0 Å². The van der Waals surface area contributed by atoms with E-state index in [1.165, 1.54) is 13.0 Å². The number of ketones is 1. The Morgan fingerprint density at radius 2 is 1.22 bits per heavy atom. The zero-order valence-electron chi connectivity index (χ0n) is 17.4. The lowest BCUT2D eigenvalue weighted by atomic mass is 9.78. The van der Waals surface area contributed by atoms with Crippen LogP contribution in [0, 0.1) is 0 Å². The number of hydrogen-bond donors (Lipinski definition) is 1. The van der Waals surface area contributed by atoms with E-state index in [0.717, 1.165) is 33.0 Å². The number of aliphatic hydroxyl groups is 1. The second-order valence-electron chi connectivity index (χ2n) is 7.65. The fourth-order valence-corrected chi connectivity index (χ4v) is 4.37. The number of aliphatic hydroxyl groups excluding tert-OH is 1. The van der Waals surface area contributed by atoms with Crippen molar-refractivity contribution in [3.8, 4) is 22.3 Å². The van der Waals surface area contributed by atoms with Crippen molar-refractivity contribution < 1.29 is 14.7 Å². The van der Waals surface area contributed by atoms with Crippen LogP contribution in [0.1, 0.15) is 18.1 Å². The molecular weight excluding hydrogens is 398 g/mol. The number of amides is 1. The first-order chi connectivity index (χ1) is 15.6. The zero-order chi connectivity index (χ0) is 22.2. The molecule has 154 valence electrons. The first-order valence-electron chi connectivity index (χ1n) is 10.3. The Morgan fingerprint density at radius 1 is 0.719 bits per heavy atom. The summed E-state index contributed by atoms with van der Waals surface area (Å²) in [4.78, 5) is 29.1. The van der Waals surface area contributed by atoms with E-state index < -0.39 is 17.4 Å². The smallest absolute Gasteiger partial charge is 0.246 e. The van der Waals surface area contributed by atoms with E-state index in [1.807, 2.05) is 84.9 Å². The van der Waals surface area contributed by atoms with Gasteiger partial charge in [0.05, 0.1) is 0 Å². The molecule has 0 unspecified atom stereocenters. The van der Waals surface area contributed by atoms with Crippen molar-refractivity contribution >= 4 is 34.3 Å². The Morgan fingerprint density at radius 3 is 1.78 bits per heavy atom. The van der Waals surface area contributed by atoms with Gasteiger partial charge in [-0.1, -0.05) is 84.9 Å². The molecule has 4 aromatic rings. The van der Waals surface area contributed by atoms with Crippen LogP contribution < -0.4 is 0 Å². The van der Waals surface area contributed by atoms with Gasteiger partial charge < -0.3 is 5.11 Å². The number of carbonyl (C=O) groups is 2. The van der Waals surface area contributed by atoms with Gasteiger partial charge in [0.1, 0.15) is 5.71 Å². The van der Waals surface area contributed by atoms with Crippen LogP contribution in [0.15, 0.2) is 95.7 Å². The van der Waals surface area contributed by atoms with Gasteiger partial charge in [0.15, 0.2) is 5.76 Å². The van der Waals surface area contributed by atoms with Crippen LogP contribution in [-0.2, 0) is 9.59 Å². The molecule has 0 radical (unpaired) electrons. The van der Waals surface area contributed by atoms with Crippen LogP contribution in [0.3, 0.4) is 0 Å². The molecule has 1 aliphatic carbocycles. The molecular formula is C28H19NO3. The highest BCUT2D eigenvalue weighted by atomic mass is 16.3. The molecule has 0 atom stereocenters. The van der Waals surface area contributed by atoms with Gasteiger partial charge >= 0.3 is 0 Å². The van der Waals surface area contributed by atoms with Crippen LogP contribution in [0.4, 0.5) is 0 Å². The third kappa shape index (κ3) is 3.13. The van der Waals surface area contributed by atoms with Crippen molar-refractivity contribution in [2.75, 3.05) is 0 Å². The average molecular weight is 417 g/mol. The molecule has 1 N–H and O–H groups in total. The fourth-order valence-electron chi connectivity index (χ4n) is 4.37. The van der Waals surface area contributed by atoms with Gasteiger partial charge in [0, 0.05) is 12.5 Å². The molecule has 0 aromatic heterocycles. The minimum absolute atomic E-state index is 0.0331. The highest BCUT2D eigenvalue weighted by molar-refractivity contribution is 6.56. The number of allylic oxidation sites excluding steroid dienone is 1. The van der Waals surface area contributed by atoms with E-state index >= 15 is 0 Å². The van der Waals surface area contributed by atoms with Gasteiger partial charge in [0.25, 0.3) is 0 Å². The lowest BCUT2D eigenvalue weighted by Gasteiger charge is -2.24. The second-order valence-corrected chi connectivity index (χ2v) is 7.65. The van der Waals surface area contributed by atoms with Crippen molar-refractivity contribution in [3.63, 3.8) is 0 Å². The highest BCUT2D eigenvalue weighted by Gasteiger charge is 2.32. The molecule has 5 rings (SSSR count). The summed E-state index contributed by atoms with van der Waals surface area (Å²) in [5, 5.41) is 12.5. The largest absolute Gasteiger partial charge is 0.504 e. The highest BCUT2D eigenvalue weighted by Crippen LogP contribution is 2.44. The summed E-state index contributed by atoms with van der Waals surface area (Å²) in [7, 11) is 0. The number of aliphatic imine (C=N–C) groups is 1. The summed E-state index contributed by atoms with van der Waals surface area (Å²) in [6, 6.07) is 27.5. The third-order valence-corrected chi connectivity index (χ3v) is 5.61. The van der Waals surface area contributed by atoms with E-state index in [2.05, 4.69) is 4.99 Å². The van der Waals surface area contributed by atoms with Gasteiger partial charge in [-0.15, -0.1) is 0 Å². The monoisotopic (exact) mass is 417 g/mol. The number of carbonyl (C=O) groups excluding carboxylic acids is 2. The van der Waals surface area contributed by atoms with Gasteiger partial charge in [0.2, 0.25) is 11.7 Å². The van der Waals surface area contributed by atoms with Gasteiger partial charge in [-0.3, -0.25) is 9.59 Å². The van der Waals surface area contributed by atoms with E-state index in [9.17, 15) is 14.7 Å². The zero-order valence-corrected chi connectivity index (χ0v) is 17.4. The lowest BCUT2D eigenvalue weighted by molar-refractivity contribution is -0.116. The first kappa shape index (κ1) is 19.6. The Hall–Kier alpha value is -4.31. The SMILES string of the molecule is CC(=O)N=C1C(=O)C(O)=Cc2c1c(-c1ccccc1)c1ccccc1c2-c1ccccc1. The summed E-state index contributed by atoms with van der Waals surface area (Å²) in [5.74, 6) is -1.58. The Bertz CT molecular complexity index is 1450. The van der Waals surface area contributed by atoms with Crippen LogP contribution in [0.5, 0.6) is 0 Å². The summed E-state index contributed by atoms with van der Waals surface area (Å²) >= 11 is 0. The van der Waals surface area contributed by atoms with Crippen LogP contribution in [0.2, 0.25) is 0 Å². The van der Waals surface area contributed by atoms with Gasteiger partial charge in [-0.25, -0.2) is 4.99 Å². The molecule has 0 spiro atoms. The normalized spacial score (nSPS) is 14.3. The number of fused-ring (bicyclic) bond motifs is 2. The summed E-state index contributed by atoms with van der Waals surface area (Å²) < 4.78 is 0. The molecule has 4 heteroatoms. The topological polar surface area (TPSA) is 66.7 Å². The molecule has 32 heavy (non-hydrogen) atoms. The van der Waals surface area contributed by atoms with Gasteiger partial charge in [-0.2, -0.15) is 0 Å². The van der Waals surface area contributed by atoms with E-state index in [4.69, 9.17) is 0 Å². The Balaban J connectivity index is 2.06. The minimum atomic E-state index is -0.654. The molecule has 1 amide bonds. The van der Waals surface area contributed by atoms with Crippen LogP contribution in [0.25, 0.3) is 39.1 Å². The third-order valence-electron chi connectivity index (χ3n) is 5.61. The predicted molar refractivity (Wildman–Crippen MR) is 128 cm³/mol. The van der Waals surface area contributed by atoms with Gasteiger partial charge in [-0.05, 0) is 44.7 Å². The van der Waals surface area contributed by atoms with Crippen molar-refractivity contribution in [2.45, 2.75) is 6.92 Å². The maximum absolute atomic E-state index is 13.0. The first-order valence-corrected chi connectivity index (χ1v) is 10.3. The van der Waals surface area contributed by atoms with Crippen LogP contribution >= 0.6 is 0 Å². The average Bonchev–Trinajstić information content (AvgIpc) is 2.81. The van der Waals surface area contributed by atoms with Crippen molar-refractivity contribution in [1.29, 1.82) is 0 Å². The molecule has 0 aliphatic heterocycles. The van der Waals surface area contributed by atoms with Crippen LogP contribution in [-0.4, -0.2) is 22.5 Å². The molecule has 1 aliphatic rings. The minimum Gasteiger partial charge on any atom is -0.504 e. The molecule has 0 heterocycles. The molecule has 4 aromatic carbocycles. The Kier molecular flexibility index (Phi) is 4.75. The van der Waals surface area contributed by atoms with E-state index in [-0.39, 0.29) is 5.71 Å². The van der Waals surface area contributed by atoms with Crippen molar-refractivity contribution in [1.82, 2.24) is 0 Å². The Labute approximate surface area is 185 Å². The summed E-state index contributed by atoms with van der Waals surface area (Å²) in [5.41, 5.74) is 4.74. The molecule has 0 bridgehead atoms. The summed E-state index contributed by atoms with van der Waals surface area (Å²) in [6.45, 7) is 1.30. The van der Waals surface area contributed by atoms with Crippen molar-refractivity contribution in [2.24, 2.45) is 4.99 Å². The number of rotatable bonds is 2. The molecule has 0 saturated heterocycles. The molecule has 4 nitrogen and oxygen atoms in total. The predicted octanol–water partition coefficient (Wildman–Crippen LogP) is 5.99. The standard InChI is InChI=1S/C28H19NO3/c1-17(30)29-27-26-22(16-23(31)28(27)32)24(18-10-4-2-5-11-18)20-14-8-9-15-21(20)25(26)19-12-6-3-7-13-19/h2-16,31H,1H3. The molecule has 0 saturated carbocycles. The lowest BCUT2D eigenvalue weighted by Crippen LogP contribution is -2.25. The number of nitrogens with zero attached hydrogens (tertiary/aromatic N) is 1.